The van der Waals surface area contributed by atoms with Crippen molar-refractivity contribution in [1.82, 2.24) is 0 Å². The summed E-state index contributed by atoms with van der Waals surface area (Å²) >= 11 is 0. The number of hydrogen-bond donors (Lipinski definition) is 0. The summed E-state index contributed by atoms with van der Waals surface area (Å²) in [5.74, 6) is 2.42. The van der Waals surface area contributed by atoms with Crippen molar-refractivity contribution in [2.45, 2.75) is 139 Å². The predicted octanol–water partition coefficient (Wildman–Crippen LogP) is 7.02. The molecule has 0 aliphatic carbocycles. The normalized spacial score (nSPS) is 10.3. The number of rotatable bonds is 7. The molecule has 4 aromatic carbocycles. The second-order valence-electron chi connectivity index (χ2n) is 12.6. The quantitative estimate of drug-likeness (QED) is 0.110. The minimum atomic E-state index is 0. The van der Waals surface area contributed by atoms with E-state index >= 15 is 0 Å². The molecule has 0 saturated heterocycles. The SMILES string of the molecule is CCCCCC.C[Si].Cc1cc2c(C(C)C)cc(C(C)C)cc2[cH-]1.Cc1cc2c(C(C)C)cc(C(C)C)cc2[cH-]1.[Cl-].[Cl-].[Zr+4]. The van der Waals surface area contributed by atoms with Gasteiger partial charge >= 0.3 is 26.2 Å². The monoisotopic (exact) mass is 715 g/mol. The van der Waals surface area contributed by atoms with Crippen molar-refractivity contribution < 1.29 is 51.0 Å². The molecule has 3 radical (unpaired) electrons. The fourth-order valence-corrected chi connectivity index (χ4v) is 5.17. The summed E-state index contributed by atoms with van der Waals surface area (Å²) in [6, 6.07) is 18.7. The molecule has 0 fully saturated rings. The largest absolute Gasteiger partial charge is 4.00 e. The molecule has 0 unspecified atom stereocenters. The Hall–Kier alpha value is -0.660. The van der Waals surface area contributed by atoms with Gasteiger partial charge in [0.25, 0.3) is 0 Å². The molecular formula is C39H59Cl2SiZr. The van der Waals surface area contributed by atoms with E-state index in [1.165, 1.54) is 80.6 Å². The van der Waals surface area contributed by atoms with Gasteiger partial charge in [0.15, 0.2) is 0 Å². The van der Waals surface area contributed by atoms with Crippen LogP contribution in [-0.4, -0.2) is 10.2 Å². The van der Waals surface area contributed by atoms with Gasteiger partial charge in [0.05, 0.1) is 0 Å². The molecule has 4 aromatic rings. The summed E-state index contributed by atoms with van der Waals surface area (Å²) in [4.78, 5) is 0. The van der Waals surface area contributed by atoms with Gasteiger partial charge in [0, 0.05) is 10.2 Å². The molecule has 0 nitrogen and oxygen atoms in total. The van der Waals surface area contributed by atoms with Crippen LogP contribution in [0.15, 0.2) is 48.5 Å². The number of aryl methyl sites for hydroxylation is 2. The Morgan fingerprint density at radius 3 is 1.07 bits per heavy atom. The second kappa shape index (κ2) is 23.6. The van der Waals surface area contributed by atoms with Crippen LogP contribution in [0.4, 0.5) is 0 Å². The smallest absolute Gasteiger partial charge is 1.00 e. The van der Waals surface area contributed by atoms with E-state index in [1.54, 1.807) is 6.55 Å². The van der Waals surface area contributed by atoms with Gasteiger partial charge in [-0.1, -0.05) is 150 Å². The molecule has 0 aromatic heterocycles. The van der Waals surface area contributed by atoms with Crippen LogP contribution >= 0.6 is 0 Å². The van der Waals surface area contributed by atoms with Crippen molar-refractivity contribution in [3.8, 4) is 0 Å². The second-order valence-corrected chi connectivity index (χ2v) is 12.6. The number of hydrogen-bond acceptors (Lipinski definition) is 0. The van der Waals surface area contributed by atoms with Crippen LogP contribution in [0.3, 0.4) is 0 Å². The van der Waals surface area contributed by atoms with Crippen LogP contribution in [0, 0.1) is 13.8 Å². The van der Waals surface area contributed by atoms with E-state index in [1.807, 2.05) is 0 Å². The third-order valence-electron chi connectivity index (χ3n) is 7.58. The van der Waals surface area contributed by atoms with E-state index in [0.29, 0.717) is 23.7 Å². The van der Waals surface area contributed by atoms with Crippen LogP contribution in [0.2, 0.25) is 6.55 Å². The molecule has 0 aliphatic heterocycles. The molecule has 0 N–H and O–H groups in total. The molecule has 0 saturated carbocycles. The standard InChI is InChI=1S/2C16H21.C6H14.CH3Si.2ClH.Zr/c2*1-10(2)13-8-14-6-12(5)7-16(14)15(9-13)11(3)4;1-3-5-6-4-2;1-2;;;/h2*6-11H,1-5H3;3-6H2,1-2H3;1H3;2*1H;/q2*-1;;;;;+4/p-2. The maximum absolute atomic E-state index is 2.97. The number of fused-ring (bicyclic) bond motifs is 2. The van der Waals surface area contributed by atoms with E-state index in [4.69, 9.17) is 0 Å². The molecule has 43 heavy (non-hydrogen) atoms. The maximum atomic E-state index is 2.97. The summed E-state index contributed by atoms with van der Waals surface area (Å²) < 4.78 is 0. The van der Waals surface area contributed by atoms with Crippen LogP contribution in [0.25, 0.3) is 21.5 Å². The summed E-state index contributed by atoms with van der Waals surface area (Å²) in [6.45, 7) is 28.8. The van der Waals surface area contributed by atoms with Crippen molar-refractivity contribution >= 4 is 31.8 Å². The van der Waals surface area contributed by atoms with Crippen molar-refractivity contribution in [2.24, 2.45) is 0 Å². The Morgan fingerprint density at radius 1 is 0.535 bits per heavy atom. The molecule has 0 heterocycles. The van der Waals surface area contributed by atoms with E-state index < -0.39 is 0 Å². The minimum Gasteiger partial charge on any atom is -1.00 e. The molecule has 0 aliphatic rings. The van der Waals surface area contributed by atoms with Gasteiger partial charge in [-0.25, -0.2) is 0 Å². The van der Waals surface area contributed by atoms with Crippen LogP contribution in [0.5, 0.6) is 0 Å². The fourth-order valence-electron chi connectivity index (χ4n) is 5.17. The van der Waals surface area contributed by atoms with Gasteiger partial charge in [0.2, 0.25) is 0 Å². The fraction of sp³-hybridized carbons (Fsp3) is 0.538. The molecule has 0 atom stereocenters. The molecule has 4 heteroatoms. The Bertz CT molecular complexity index is 1180. The van der Waals surface area contributed by atoms with Gasteiger partial charge in [-0.3, -0.25) is 0 Å². The summed E-state index contributed by atoms with van der Waals surface area (Å²) in [6.07, 6.45) is 5.54. The number of benzene rings is 2. The van der Waals surface area contributed by atoms with Gasteiger partial charge < -0.3 is 24.8 Å². The molecule has 237 valence electrons. The van der Waals surface area contributed by atoms with E-state index in [2.05, 4.69) is 142 Å². The molecular weight excluding hydrogens is 659 g/mol. The topological polar surface area (TPSA) is 0 Å². The minimum absolute atomic E-state index is 0. The average Bonchev–Trinajstić information content (AvgIpc) is 3.48. The Balaban J connectivity index is -0.000000568. The van der Waals surface area contributed by atoms with E-state index in [-0.39, 0.29) is 51.0 Å². The Labute approximate surface area is 301 Å². The first-order valence-corrected chi connectivity index (χ1v) is 16.8. The third kappa shape index (κ3) is 14.5. The van der Waals surface area contributed by atoms with Crippen molar-refractivity contribution in [3.63, 3.8) is 0 Å². The van der Waals surface area contributed by atoms with Gasteiger partial charge in [-0.15, -0.1) is 56.9 Å². The predicted molar refractivity (Wildman–Crippen MR) is 186 cm³/mol. The third-order valence-corrected chi connectivity index (χ3v) is 7.58. The van der Waals surface area contributed by atoms with Crippen LogP contribution in [0.1, 0.15) is 152 Å². The number of halogens is 2. The maximum Gasteiger partial charge on any atom is 4.00 e. The van der Waals surface area contributed by atoms with E-state index in [0.717, 1.165) is 0 Å². The van der Waals surface area contributed by atoms with Crippen LogP contribution in [-0.2, 0) is 26.2 Å². The molecule has 4 rings (SSSR count). The first-order chi connectivity index (χ1) is 18.9. The summed E-state index contributed by atoms with van der Waals surface area (Å²) in [5, 5.41) is 5.70. The van der Waals surface area contributed by atoms with E-state index in [9.17, 15) is 0 Å². The van der Waals surface area contributed by atoms with Crippen molar-refractivity contribution in [2.75, 3.05) is 0 Å². The van der Waals surface area contributed by atoms with Gasteiger partial charge in [0.1, 0.15) is 0 Å². The Kier molecular flexibility index (Phi) is 25.7. The zero-order valence-electron chi connectivity index (χ0n) is 29.5. The number of unbranched alkanes of at least 4 members (excludes halogenated alkanes) is 3. The van der Waals surface area contributed by atoms with Crippen LogP contribution < -0.4 is 24.8 Å². The molecule has 0 bridgehead atoms. The van der Waals surface area contributed by atoms with Crippen molar-refractivity contribution in [1.29, 1.82) is 0 Å². The first-order valence-electron chi connectivity index (χ1n) is 15.8. The molecule has 0 spiro atoms. The first kappa shape index (κ1) is 46.8. The molecule has 0 amide bonds. The zero-order chi connectivity index (χ0) is 30.6. The average molecular weight is 718 g/mol. The van der Waals surface area contributed by atoms with Crippen molar-refractivity contribution in [3.05, 3.63) is 81.9 Å². The van der Waals surface area contributed by atoms with Gasteiger partial charge in [-0.2, -0.15) is 12.1 Å². The van der Waals surface area contributed by atoms with Gasteiger partial charge in [-0.05, 0) is 23.7 Å². The Morgan fingerprint density at radius 2 is 0.837 bits per heavy atom. The summed E-state index contributed by atoms with van der Waals surface area (Å²) in [7, 11) is 2.97. The summed E-state index contributed by atoms with van der Waals surface area (Å²) in [5.41, 5.74) is 8.66. The zero-order valence-corrected chi connectivity index (χ0v) is 34.5.